The topological polar surface area (TPSA) is 68.0 Å². The van der Waals surface area contributed by atoms with Crippen LogP contribution in [0.5, 0.6) is 0 Å². The predicted molar refractivity (Wildman–Crippen MR) is 62.3 cm³/mol. The maximum Gasteiger partial charge on any atom is 0.338 e. The lowest BCUT2D eigenvalue weighted by atomic mass is 10.2. The van der Waals surface area contributed by atoms with Crippen molar-refractivity contribution < 1.29 is 9.90 Å². The summed E-state index contributed by atoms with van der Waals surface area (Å²) in [6.45, 7) is 2.11. The number of carboxylic acids is 1. The van der Waals surface area contributed by atoms with E-state index in [1.807, 2.05) is 12.1 Å². The van der Waals surface area contributed by atoms with E-state index >= 15 is 0 Å². The molecular weight excluding hydrogens is 218 g/mol. The van der Waals surface area contributed by atoms with Crippen LogP contribution in [0.4, 0.5) is 0 Å². The zero-order valence-corrected chi connectivity index (χ0v) is 9.50. The molecule has 0 fully saturated rings. The minimum Gasteiger partial charge on any atom is -0.478 e. The highest BCUT2D eigenvalue weighted by atomic mass is 16.4. The van der Waals surface area contributed by atoms with Crippen molar-refractivity contribution in [3.8, 4) is 5.82 Å². The first-order valence-electron chi connectivity index (χ1n) is 5.44. The molecule has 0 aromatic carbocycles. The molecule has 5 heteroatoms. The number of rotatable bonds is 4. The summed E-state index contributed by atoms with van der Waals surface area (Å²) in [7, 11) is 0. The molecule has 0 spiro atoms. The second-order valence-electron chi connectivity index (χ2n) is 3.75. The van der Waals surface area contributed by atoms with Gasteiger partial charge in [-0.15, -0.1) is 0 Å². The first-order valence-corrected chi connectivity index (χ1v) is 5.44. The molecule has 2 heterocycles. The summed E-state index contributed by atoms with van der Waals surface area (Å²) in [5.74, 6) is -0.365. The Bertz CT molecular complexity index is 517. The van der Waals surface area contributed by atoms with E-state index in [4.69, 9.17) is 5.11 Å². The molecular formula is C12H13N3O2. The molecule has 0 aliphatic rings. The fraction of sp³-hybridized carbons (Fsp3) is 0.250. The molecule has 88 valence electrons. The summed E-state index contributed by atoms with van der Waals surface area (Å²) >= 11 is 0. The van der Waals surface area contributed by atoms with Gasteiger partial charge in [0.2, 0.25) is 0 Å². The summed E-state index contributed by atoms with van der Waals surface area (Å²) in [4.78, 5) is 15.0. The molecule has 0 bridgehead atoms. The van der Waals surface area contributed by atoms with Crippen molar-refractivity contribution in [1.29, 1.82) is 0 Å². The minimum absolute atomic E-state index is 0.157. The zero-order chi connectivity index (χ0) is 12.3. The number of pyridine rings is 1. The number of nitrogens with zero attached hydrogens (tertiary/aromatic N) is 3. The van der Waals surface area contributed by atoms with Crippen LogP contribution in [0, 0.1) is 0 Å². The summed E-state index contributed by atoms with van der Waals surface area (Å²) in [5.41, 5.74) is 1.33. The Morgan fingerprint density at radius 3 is 2.76 bits per heavy atom. The fourth-order valence-corrected chi connectivity index (χ4v) is 1.55. The van der Waals surface area contributed by atoms with E-state index in [-0.39, 0.29) is 5.56 Å². The third kappa shape index (κ3) is 2.50. The molecule has 2 aromatic rings. The second kappa shape index (κ2) is 4.78. The van der Waals surface area contributed by atoms with Crippen molar-refractivity contribution in [3.05, 3.63) is 41.9 Å². The van der Waals surface area contributed by atoms with Crippen molar-refractivity contribution in [2.45, 2.75) is 19.8 Å². The Kier molecular flexibility index (Phi) is 3.18. The first kappa shape index (κ1) is 11.3. The van der Waals surface area contributed by atoms with Gasteiger partial charge < -0.3 is 5.11 Å². The SMILES string of the molecule is CCCc1ccc(-n2cc(C(=O)O)cn2)nc1. The number of aromatic carboxylic acids is 1. The van der Waals surface area contributed by atoms with Crippen molar-refractivity contribution in [2.75, 3.05) is 0 Å². The van der Waals surface area contributed by atoms with Gasteiger partial charge >= 0.3 is 5.97 Å². The van der Waals surface area contributed by atoms with Gasteiger partial charge in [0.25, 0.3) is 0 Å². The molecule has 2 aromatic heterocycles. The molecule has 0 aliphatic heterocycles. The average molecular weight is 231 g/mol. The van der Waals surface area contributed by atoms with E-state index < -0.39 is 5.97 Å². The van der Waals surface area contributed by atoms with Crippen LogP contribution >= 0.6 is 0 Å². The molecule has 0 saturated carbocycles. The Morgan fingerprint density at radius 2 is 2.24 bits per heavy atom. The quantitative estimate of drug-likeness (QED) is 0.872. The first-order chi connectivity index (χ1) is 8.20. The predicted octanol–water partition coefficient (Wildman–Crippen LogP) is 1.92. The summed E-state index contributed by atoms with van der Waals surface area (Å²) in [6.07, 6.45) is 6.62. The van der Waals surface area contributed by atoms with Gasteiger partial charge in [-0.05, 0) is 18.1 Å². The van der Waals surface area contributed by atoms with E-state index in [1.54, 1.807) is 6.20 Å². The number of hydrogen-bond acceptors (Lipinski definition) is 3. The number of aryl methyl sites for hydroxylation is 1. The third-order valence-corrected chi connectivity index (χ3v) is 2.41. The largest absolute Gasteiger partial charge is 0.478 e. The van der Waals surface area contributed by atoms with Gasteiger partial charge in [-0.1, -0.05) is 19.4 Å². The molecule has 0 radical (unpaired) electrons. The fourth-order valence-electron chi connectivity index (χ4n) is 1.55. The highest BCUT2D eigenvalue weighted by Gasteiger charge is 2.07. The summed E-state index contributed by atoms with van der Waals surface area (Å²) < 4.78 is 1.46. The van der Waals surface area contributed by atoms with Gasteiger partial charge in [-0.25, -0.2) is 14.5 Å². The van der Waals surface area contributed by atoms with Crippen LogP contribution in [0.1, 0.15) is 29.3 Å². The summed E-state index contributed by atoms with van der Waals surface area (Å²) in [5, 5.41) is 12.7. The van der Waals surface area contributed by atoms with Gasteiger partial charge in [0.05, 0.1) is 11.8 Å². The van der Waals surface area contributed by atoms with Gasteiger partial charge in [0, 0.05) is 12.4 Å². The maximum atomic E-state index is 10.7. The van der Waals surface area contributed by atoms with Gasteiger partial charge in [-0.3, -0.25) is 0 Å². The normalized spacial score (nSPS) is 10.4. The van der Waals surface area contributed by atoms with Crippen LogP contribution in [0.25, 0.3) is 5.82 Å². The summed E-state index contributed by atoms with van der Waals surface area (Å²) in [6, 6.07) is 3.82. The zero-order valence-electron chi connectivity index (χ0n) is 9.50. The smallest absolute Gasteiger partial charge is 0.338 e. The van der Waals surface area contributed by atoms with Gasteiger partial charge in [-0.2, -0.15) is 5.10 Å². The molecule has 5 nitrogen and oxygen atoms in total. The van der Waals surface area contributed by atoms with Crippen LogP contribution in [-0.2, 0) is 6.42 Å². The lowest BCUT2D eigenvalue weighted by Crippen LogP contribution is -1.99. The van der Waals surface area contributed by atoms with Crippen LogP contribution in [0.15, 0.2) is 30.7 Å². The Hall–Kier alpha value is -2.17. The van der Waals surface area contributed by atoms with E-state index in [2.05, 4.69) is 17.0 Å². The molecule has 2 rings (SSSR count). The highest BCUT2D eigenvalue weighted by Crippen LogP contribution is 2.08. The molecule has 0 saturated heterocycles. The molecule has 1 N–H and O–H groups in total. The standard InChI is InChI=1S/C12H13N3O2/c1-2-3-9-4-5-11(13-6-9)15-8-10(7-14-15)12(16)17/h4-8H,2-3H2,1H3,(H,16,17). The minimum atomic E-state index is -0.987. The molecule has 0 atom stereocenters. The Balaban J connectivity index is 2.23. The van der Waals surface area contributed by atoms with Crippen molar-refractivity contribution in [2.24, 2.45) is 0 Å². The van der Waals surface area contributed by atoms with Crippen molar-refractivity contribution >= 4 is 5.97 Å². The average Bonchev–Trinajstić information content (AvgIpc) is 2.80. The third-order valence-electron chi connectivity index (χ3n) is 2.41. The van der Waals surface area contributed by atoms with Gasteiger partial charge in [0.15, 0.2) is 5.82 Å². The second-order valence-corrected chi connectivity index (χ2v) is 3.75. The number of hydrogen-bond donors (Lipinski definition) is 1. The van der Waals surface area contributed by atoms with E-state index in [0.717, 1.165) is 12.8 Å². The van der Waals surface area contributed by atoms with E-state index in [1.165, 1.54) is 22.6 Å². The Morgan fingerprint density at radius 1 is 1.41 bits per heavy atom. The number of aromatic nitrogens is 3. The van der Waals surface area contributed by atoms with Crippen molar-refractivity contribution in [3.63, 3.8) is 0 Å². The number of carboxylic acid groups (broad SMARTS) is 1. The molecule has 0 unspecified atom stereocenters. The van der Waals surface area contributed by atoms with Crippen molar-refractivity contribution in [1.82, 2.24) is 14.8 Å². The number of carbonyl (C=O) groups is 1. The van der Waals surface area contributed by atoms with E-state index in [9.17, 15) is 4.79 Å². The lowest BCUT2D eigenvalue weighted by molar-refractivity contribution is 0.0697. The highest BCUT2D eigenvalue weighted by molar-refractivity contribution is 5.86. The van der Waals surface area contributed by atoms with Crippen LogP contribution in [0.3, 0.4) is 0 Å². The van der Waals surface area contributed by atoms with Gasteiger partial charge in [0.1, 0.15) is 0 Å². The molecule has 0 amide bonds. The van der Waals surface area contributed by atoms with Crippen LogP contribution in [-0.4, -0.2) is 25.8 Å². The van der Waals surface area contributed by atoms with Crippen LogP contribution < -0.4 is 0 Å². The Labute approximate surface area is 98.7 Å². The van der Waals surface area contributed by atoms with Crippen LogP contribution in [0.2, 0.25) is 0 Å². The lowest BCUT2D eigenvalue weighted by Gasteiger charge is -2.01. The monoisotopic (exact) mass is 231 g/mol. The molecule has 0 aliphatic carbocycles. The molecule has 17 heavy (non-hydrogen) atoms. The van der Waals surface area contributed by atoms with E-state index in [0.29, 0.717) is 5.82 Å². The maximum absolute atomic E-state index is 10.7.